The van der Waals surface area contributed by atoms with Crippen molar-refractivity contribution in [3.05, 3.63) is 30.5 Å². The molecule has 0 spiro atoms. The summed E-state index contributed by atoms with van der Waals surface area (Å²) in [5.41, 5.74) is 8.45. The van der Waals surface area contributed by atoms with E-state index >= 15 is 0 Å². The zero-order valence-corrected chi connectivity index (χ0v) is 9.81. The molecule has 0 unspecified atom stereocenters. The first kappa shape index (κ1) is 10.5. The fraction of sp³-hybridized carbons (Fsp3) is 0.0833. The normalized spacial score (nSPS) is 10.7. The highest BCUT2D eigenvalue weighted by Crippen LogP contribution is 2.25. The van der Waals surface area contributed by atoms with Crippen molar-refractivity contribution in [2.75, 3.05) is 18.1 Å². The quantitative estimate of drug-likeness (QED) is 0.633. The van der Waals surface area contributed by atoms with Crippen molar-refractivity contribution >= 4 is 22.7 Å². The molecule has 0 saturated heterocycles. The molecule has 0 fully saturated rings. The van der Waals surface area contributed by atoms with E-state index in [1.165, 1.54) is 0 Å². The number of nitrogens with one attached hydrogen (secondary N) is 2. The molecule has 0 saturated carbocycles. The summed E-state index contributed by atoms with van der Waals surface area (Å²) in [7, 11) is 1.81. The maximum absolute atomic E-state index is 5.69. The van der Waals surface area contributed by atoms with Gasteiger partial charge in [0.05, 0.1) is 11.2 Å². The zero-order chi connectivity index (χ0) is 12.5. The van der Waals surface area contributed by atoms with Gasteiger partial charge in [-0.05, 0) is 18.2 Å². The summed E-state index contributed by atoms with van der Waals surface area (Å²) in [5, 5.41) is 10.8. The van der Waals surface area contributed by atoms with Crippen LogP contribution in [-0.4, -0.2) is 27.2 Å². The molecule has 3 aromatic rings. The molecule has 2 aromatic heterocycles. The molecule has 3 rings (SSSR count). The number of benzene rings is 1. The second-order valence-electron chi connectivity index (χ2n) is 3.88. The summed E-state index contributed by atoms with van der Waals surface area (Å²) >= 11 is 0. The SMILES string of the molecule is CNc1nc(N)nc2cc(-c3ccn[nH]3)ccc12. The summed E-state index contributed by atoms with van der Waals surface area (Å²) in [6, 6.07) is 7.83. The van der Waals surface area contributed by atoms with E-state index in [4.69, 9.17) is 5.73 Å². The van der Waals surface area contributed by atoms with E-state index in [1.54, 1.807) is 6.20 Å². The molecular weight excluding hydrogens is 228 g/mol. The Morgan fingerprint density at radius 1 is 1.22 bits per heavy atom. The van der Waals surface area contributed by atoms with Gasteiger partial charge in [-0.25, -0.2) is 4.98 Å². The Labute approximate surface area is 103 Å². The van der Waals surface area contributed by atoms with Crippen LogP contribution < -0.4 is 11.1 Å². The third-order valence-electron chi connectivity index (χ3n) is 2.76. The third kappa shape index (κ3) is 1.64. The predicted molar refractivity (Wildman–Crippen MR) is 71.1 cm³/mol. The second-order valence-corrected chi connectivity index (χ2v) is 3.88. The summed E-state index contributed by atoms with van der Waals surface area (Å²) in [6.07, 6.45) is 1.72. The van der Waals surface area contributed by atoms with Crippen molar-refractivity contribution in [1.29, 1.82) is 0 Å². The van der Waals surface area contributed by atoms with Crippen LogP contribution in [0, 0.1) is 0 Å². The van der Waals surface area contributed by atoms with Gasteiger partial charge in [-0.2, -0.15) is 10.1 Å². The highest BCUT2D eigenvalue weighted by Gasteiger charge is 2.07. The largest absolute Gasteiger partial charge is 0.372 e. The Bertz CT molecular complexity index is 689. The molecule has 2 heterocycles. The Hall–Kier alpha value is -2.63. The number of fused-ring (bicyclic) bond motifs is 1. The number of nitrogen functional groups attached to an aromatic ring is 1. The fourth-order valence-corrected chi connectivity index (χ4v) is 1.92. The van der Waals surface area contributed by atoms with Crippen molar-refractivity contribution in [3.8, 4) is 11.3 Å². The minimum atomic E-state index is 0.258. The molecule has 0 bridgehead atoms. The average molecular weight is 240 g/mol. The van der Waals surface area contributed by atoms with Crippen molar-refractivity contribution in [1.82, 2.24) is 20.2 Å². The number of rotatable bonds is 2. The number of anilines is 2. The molecule has 4 N–H and O–H groups in total. The number of aromatic amines is 1. The lowest BCUT2D eigenvalue weighted by Gasteiger charge is -2.07. The standard InChI is InChI=1S/C12H12N6/c1-14-11-8-3-2-7(9-4-5-15-18-9)6-10(8)16-12(13)17-11/h2-6H,1H3,(H,15,18)(H3,13,14,16,17). The smallest absolute Gasteiger partial charge is 0.222 e. The van der Waals surface area contributed by atoms with Crippen LogP contribution in [-0.2, 0) is 0 Å². The van der Waals surface area contributed by atoms with Crippen LogP contribution >= 0.6 is 0 Å². The lowest BCUT2D eigenvalue weighted by Crippen LogP contribution is -2.01. The summed E-state index contributed by atoms with van der Waals surface area (Å²) in [6.45, 7) is 0. The molecule has 6 nitrogen and oxygen atoms in total. The number of hydrogen-bond donors (Lipinski definition) is 3. The van der Waals surface area contributed by atoms with Crippen LogP contribution in [0.4, 0.5) is 11.8 Å². The minimum absolute atomic E-state index is 0.258. The lowest BCUT2D eigenvalue weighted by molar-refractivity contribution is 1.10. The van der Waals surface area contributed by atoms with Gasteiger partial charge in [0.2, 0.25) is 5.95 Å². The van der Waals surface area contributed by atoms with Crippen LogP contribution in [0.1, 0.15) is 0 Å². The first-order valence-electron chi connectivity index (χ1n) is 5.52. The van der Waals surface area contributed by atoms with Gasteiger partial charge < -0.3 is 11.1 Å². The summed E-state index contributed by atoms with van der Waals surface area (Å²) < 4.78 is 0. The van der Waals surface area contributed by atoms with E-state index < -0.39 is 0 Å². The van der Waals surface area contributed by atoms with Crippen LogP contribution in [0.25, 0.3) is 22.2 Å². The molecule has 6 heteroatoms. The van der Waals surface area contributed by atoms with Gasteiger partial charge in [0.15, 0.2) is 0 Å². The Balaban J connectivity index is 2.24. The molecule has 0 amide bonds. The third-order valence-corrected chi connectivity index (χ3v) is 2.76. The van der Waals surface area contributed by atoms with Gasteiger partial charge in [-0.3, -0.25) is 5.10 Å². The molecule has 0 aliphatic heterocycles. The minimum Gasteiger partial charge on any atom is -0.372 e. The van der Waals surface area contributed by atoms with E-state index in [-0.39, 0.29) is 5.95 Å². The van der Waals surface area contributed by atoms with E-state index in [0.717, 1.165) is 28.0 Å². The highest BCUT2D eigenvalue weighted by molar-refractivity contribution is 5.92. The number of aromatic nitrogens is 4. The topological polar surface area (TPSA) is 92.5 Å². The van der Waals surface area contributed by atoms with Crippen molar-refractivity contribution in [2.45, 2.75) is 0 Å². The number of H-pyrrole nitrogens is 1. The Kier molecular flexibility index (Phi) is 2.33. The molecule has 0 radical (unpaired) electrons. The maximum atomic E-state index is 5.69. The summed E-state index contributed by atoms with van der Waals surface area (Å²) in [5.74, 6) is 0.988. The molecule has 1 aromatic carbocycles. The maximum Gasteiger partial charge on any atom is 0.222 e. The van der Waals surface area contributed by atoms with Gasteiger partial charge >= 0.3 is 0 Å². The number of nitrogens with two attached hydrogens (primary N) is 1. The van der Waals surface area contributed by atoms with Crippen LogP contribution in [0.15, 0.2) is 30.5 Å². The Morgan fingerprint density at radius 3 is 2.83 bits per heavy atom. The first-order valence-corrected chi connectivity index (χ1v) is 5.52. The number of nitrogens with zero attached hydrogens (tertiary/aromatic N) is 3. The van der Waals surface area contributed by atoms with Crippen molar-refractivity contribution in [3.63, 3.8) is 0 Å². The second kappa shape index (κ2) is 3.99. The lowest BCUT2D eigenvalue weighted by atomic mass is 10.1. The van der Waals surface area contributed by atoms with E-state index in [9.17, 15) is 0 Å². The van der Waals surface area contributed by atoms with E-state index in [1.807, 2.05) is 31.3 Å². The monoisotopic (exact) mass is 240 g/mol. The molecule has 0 atom stereocenters. The van der Waals surface area contributed by atoms with Crippen molar-refractivity contribution < 1.29 is 0 Å². The molecule has 0 aliphatic carbocycles. The molecule has 18 heavy (non-hydrogen) atoms. The molecule has 0 aliphatic rings. The van der Waals surface area contributed by atoms with Gasteiger partial charge in [0.1, 0.15) is 5.82 Å². The van der Waals surface area contributed by atoms with Gasteiger partial charge in [-0.15, -0.1) is 0 Å². The number of hydrogen-bond acceptors (Lipinski definition) is 5. The predicted octanol–water partition coefficient (Wildman–Crippen LogP) is 1.64. The summed E-state index contributed by atoms with van der Waals surface area (Å²) in [4.78, 5) is 8.39. The van der Waals surface area contributed by atoms with Gasteiger partial charge in [0, 0.05) is 24.2 Å². The first-order chi connectivity index (χ1) is 8.78. The Morgan fingerprint density at radius 2 is 2.11 bits per heavy atom. The highest BCUT2D eigenvalue weighted by atomic mass is 15.1. The van der Waals surface area contributed by atoms with Crippen LogP contribution in [0.2, 0.25) is 0 Å². The van der Waals surface area contributed by atoms with Gasteiger partial charge in [-0.1, -0.05) is 6.07 Å². The van der Waals surface area contributed by atoms with E-state index in [0.29, 0.717) is 0 Å². The average Bonchev–Trinajstić information content (AvgIpc) is 2.90. The molecule has 90 valence electrons. The van der Waals surface area contributed by atoms with Crippen molar-refractivity contribution in [2.24, 2.45) is 0 Å². The van der Waals surface area contributed by atoms with Crippen LogP contribution in [0.5, 0.6) is 0 Å². The van der Waals surface area contributed by atoms with E-state index in [2.05, 4.69) is 25.5 Å². The van der Waals surface area contributed by atoms with Gasteiger partial charge in [0.25, 0.3) is 0 Å². The molecular formula is C12H12N6. The zero-order valence-electron chi connectivity index (χ0n) is 9.81. The van der Waals surface area contributed by atoms with Crippen LogP contribution in [0.3, 0.4) is 0 Å². The fourth-order valence-electron chi connectivity index (χ4n) is 1.92.